The minimum atomic E-state index is -1.47. The van der Waals surface area contributed by atoms with Gasteiger partial charge >= 0.3 is 0 Å². The molecule has 0 saturated carbocycles. The molecule has 0 aromatic heterocycles. The quantitative estimate of drug-likeness (QED) is 0.889. The van der Waals surface area contributed by atoms with E-state index in [4.69, 9.17) is 4.74 Å². The molecule has 0 saturated heterocycles. The number of ether oxygens (including phenoxy) is 1. The lowest BCUT2D eigenvalue weighted by Gasteiger charge is -2.08. The predicted molar refractivity (Wildman–Crippen MR) is 89.2 cm³/mol. The van der Waals surface area contributed by atoms with Crippen LogP contribution >= 0.6 is 15.9 Å². The maximum Gasteiger partial charge on any atom is 0.257 e. The zero-order valence-electron chi connectivity index (χ0n) is 11.4. The Morgan fingerprint density at radius 1 is 1.14 bits per heavy atom. The van der Waals surface area contributed by atoms with Gasteiger partial charge in [0.05, 0.1) is 4.91 Å². The molecule has 1 amide bonds. The van der Waals surface area contributed by atoms with Crippen LogP contribution < -0.4 is 9.46 Å². The Balaban J connectivity index is 1.68. The smallest absolute Gasteiger partial charge is 0.257 e. The van der Waals surface area contributed by atoms with Crippen LogP contribution in [-0.4, -0.2) is 10.1 Å². The van der Waals surface area contributed by atoms with Gasteiger partial charge in [0.25, 0.3) is 5.91 Å². The fourth-order valence-corrected chi connectivity index (χ4v) is 3.41. The normalized spacial score (nSPS) is 17.0. The van der Waals surface area contributed by atoms with E-state index in [1.165, 1.54) is 6.08 Å². The molecule has 1 unspecified atom stereocenters. The van der Waals surface area contributed by atoms with Gasteiger partial charge in [-0.3, -0.25) is 9.52 Å². The highest BCUT2D eigenvalue weighted by atomic mass is 79.9. The van der Waals surface area contributed by atoms with Crippen molar-refractivity contribution >= 4 is 37.7 Å². The maximum atomic E-state index is 11.7. The molecule has 22 heavy (non-hydrogen) atoms. The number of carbonyl (C=O) groups is 1. The minimum absolute atomic E-state index is 0.330. The summed E-state index contributed by atoms with van der Waals surface area (Å²) in [6.07, 6.45) is 1.35. The minimum Gasteiger partial charge on any atom is -0.489 e. The summed E-state index contributed by atoms with van der Waals surface area (Å²) in [6.45, 7) is 0.466. The number of rotatable bonds is 4. The van der Waals surface area contributed by atoms with Crippen LogP contribution in [-0.2, 0) is 22.4 Å². The van der Waals surface area contributed by atoms with E-state index in [0.29, 0.717) is 17.3 Å². The Morgan fingerprint density at radius 2 is 1.91 bits per heavy atom. The third-order valence-corrected chi connectivity index (χ3v) is 4.72. The van der Waals surface area contributed by atoms with Gasteiger partial charge in [-0.25, -0.2) is 4.21 Å². The van der Waals surface area contributed by atoms with E-state index in [0.717, 1.165) is 15.6 Å². The molecule has 1 aliphatic rings. The number of hydrogen-bond acceptors (Lipinski definition) is 3. The number of benzene rings is 2. The van der Waals surface area contributed by atoms with Crippen LogP contribution in [0.25, 0.3) is 4.91 Å². The number of hydrogen-bond donors (Lipinski definition) is 1. The standard InChI is InChI=1S/C16H12BrNO3S/c17-13-3-1-2-11(8-13)10-21-14-6-4-12(5-7-14)15-9-16(19)18-22(15)20/h1-9H,10H2,(H,18,19). The summed E-state index contributed by atoms with van der Waals surface area (Å²) >= 11 is 3.42. The summed E-state index contributed by atoms with van der Waals surface area (Å²) in [5.74, 6) is 0.385. The molecule has 0 fully saturated rings. The molecule has 6 heteroatoms. The van der Waals surface area contributed by atoms with Crippen LogP contribution in [0, 0.1) is 0 Å². The Morgan fingerprint density at radius 3 is 2.55 bits per heavy atom. The van der Waals surface area contributed by atoms with Crippen LogP contribution in [0.1, 0.15) is 11.1 Å². The van der Waals surface area contributed by atoms with Crippen molar-refractivity contribution in [3.63, 3.8) is 0 Å². The molecular weight excluding hydrogens is 366 g/mol. The van der Waals surface area contributed by atoms with Crippen molar-refractivity contribution in [2.75, 3.05) is 0 Å². The third-order valence-electron chi connectivity index (χ3n) is 3.09. The highest BCUT2D eigenvalue weighted by Gasteiger charge is 2.20. The van der Waals surface area contributed by atoms with Crippen molar-refractivity contribution in [3.05, 3.63) is 70.2 Å². The first-order valence-corrected chi connectivity index (χ1v) is 8.48. The number of carbonyl (C=O) groups excluding carboxylic acids is 1. The highest BCUT2D eigenvalue weighted by molar-refractivity contribution is 9.10. The van der Waals surface area contributed by atoms with E-state index in [-0.39, 0.29) is 5.91 Å². The predicted octanol–water partition coefficient (Wildman–Crippen LogP) is 3.16. The van der Waals surface area contributed by atoms with Crippen molar-refractivity contribution in [3.8, 4) is 5.75 Å². The zero-order chi connectivity index (χ0) is 15.5. The zero-order valence-corrected chi connectivity index (χ0v) is 13.8. The summed E-state index contributed by atoms with van der Waals surface area (Å²) in [7, 11) is -1.47. The largest absolute Gasteiger partial charge is 0.489 e. The lowest BCUT2D eigenvalue weighted by molar-refractivity contribution is -0.114. The fourth-order valence-electron chi connectivity index (χ4n) is 2.05. The van der Waals surface area contributed by atoms with Crippen molar-refractivity contribution in [1.82, 2.24) is 4.72 Å². The Kier molecular flexibility index (Phi) is 4.40. The van der Waals surface area contributed by atoms with E-state index in [2.05, 4.69) is 20.7 Å². The van der Waals surface area contributed by atoms with Crippen LogP contribution in [0.5, 0.6) is 5.75 Å². The maximum absolute atomic E-state index is 11.7. The first-order valence-electron chi connectivity index (χ1n) is 6.53. The Hall–Kier alpha value is -1.92. The summed E-state index contributed by atoms with van der Waals surface area (Å²) in [5.41, 5.74) is 1.80. The van der Waals surface area contributed by atoms with Gasteiger partial charge < -0.3 is 4.74 Å². The molecule has 3 rings (SSSR count). The monoisotopic (exact) mass is 377 g/mol. The van der Waals surface area contributed by atoms with Gasteiger partial charge in [0.2, 0.25) is 0 Å². The van der Waals surface area contributed by atoms with Crippen molar-refractivity contribution in [2.45, 2.75) is 6.61 Å². The number of halogens is 1. The van der Waals surface area contributed by atoms with E-state index in [1.807, 2.05) is 24.3 Å². The van der Waals surface area contributed by atoms with Crippen molar-refractivity contribution in [2.24, 2.45) is 0 Å². The second kappa shape index (κ2) is 6.46. The first kappa shape index (κ1) is 15.0. The number of amides is 1. The van der Waals surface area contributed by atoms with Crippen LogP contribution in [0.4, 0.5) is 0 Å². The van der Waals surface area contributed by atoms with Crippen LogP contribution in [0.15, 0.2) is 59.1 Å². The molecule has 0 aliphatic carbocycles. The van der Waals surface area contributed by atoms with E-state index in [1.54, 1.807) is 24.3 Å². The molecule has 4 nitrogen and oxygen atoms in total. The lowest BCUT2D eigenvalue weighted by atomic mass is 10.2. The Labute approximate surface area is 138 Å². The van der Waals surface area contributed by atoms with Crippen LogP contribution in [0.2, 0.25) is 0 Å². The highest BCUT2D eigenvalue weighted by Crippen LogP contribution is 2.24. The van der Waals surface area contributed by atoms with Gasteiger partial charge in [-0.05, 0) is 35.4 Å². The molecule has 0 spiro atoms. The molecule has 1 N–H and O–H groups in total. The third kappa shape index (κ3) is 3.45. The van der Waals surface area contributed by atoms with Gasteiger partial charge in [-0.15, -0.1) is 0 Å². The topological polar surface area (TPSA) is 55.4 Å². The van der Waals surface area contributed by atoms with E-state index in [9.17, 15) is 9.00 Å². The summed E-state index contributed by atoms with van der Waals surface area (Å²) < 4.78 is 20.7. The fraction of sp³-hybridized carbons (Fsp3) is 0.0625. The second-order valence-electron chi connectivity index (χ2n) is 4.69. The molecule has 1 aliphatic heterocycles. The molecule has 1 heterocycles. The first-order chi connectivity index (χ1) is 10.6. The van der Waals surface area contributed by atoms with E-state index < -0.39 is 11.0 Å². The van der Waals surface area contributed by atoms with E-state index >= 15 is 0 Å². The Bertz CT molecular complexity index is 771. The van der Waals surface area contributed by atoms with Crippen molar-refractivity contribution < 1.29 is 13.7 Å². The molecular formula is C16H12BrNO3S. The average molecular weight is 378 g/mol. The molecule has 112 valence electrons. The molecule has 0 bridgehead atoms. The van der Waals surface area contributed by atoms with Crippen molar-refractivity contribution in [1.29, 1.82) is 0 Å². The molecule has 2 aromatic carbocycles. The van der Waals surface area contributed by atoms with Gasteiger partial charge in [0.1, 0.15) is 12.4 Å². The van der Waals surface area contributed by atoms with Gasteiger partial charge in [0, 0.05) is 10.5 Å². The molecule has 0 radical (unpaired) electrons. The SMILES string of the molecule is O=C1C=C(c2ccc(OCc3cccc(Br)c3)cc2)S(=O)N1. The second-order valence-corrected chi connectivity index (χ2v) is 6.78. The summed E-state index contributed by atoms with van der Waals surface area (Å²) in [4.78, 5) is 11.7. The number of nitrogens with one attached hydrogen (secondary N) is 1. The van der Waals surface area contributed by atoms with Gasteiger partial charge in [-0.2, -0.15) is 0 Å². The average Bonchev–Trinajstić information content (AvgIpc) is 2.84. The lowest BCUT2D eigenvalue weighted by Crippen LogP contribution is -2.16. The summed E-state index contributed by atoms with van der Waals surface area (Å²) in [6, 6.07) is 15.1. The van der Waals surface area contributed by atoms with Crippen LogP contribution in [0.3, 0.4) is 0 Å². The molecule has 1 atom stereocenters. The summed E-state index contributed by atoms with van der Waals surface area (Å²) in [5, 5.41) is 0. The van der Waals surface area contributed by atoms with Gasteiger partial charge in [0.15, 0.2) is 11.0 Å². The molecule has 2 aromatic rings. The van der Waals surface area contributed by atoms with Gasteiger partial charge in [-0.1, -0.05) is 40.2 Å².